The van der Waals surface area contributed by atoms with Gasteiger partial charge in [-0.3, -0.25) is 19.7 Å². The number of hydrogen-bond donors (Lipinski definition) is 2. The van der Waals surface area contributed by atoms with Gasteiger partial charge in [-0.2, -0.15) is 0 Å². The fraction of sp³-hybridized carbons (Fsp3) is 0. The quantitative estimate of drug-likeness (QED) is 0.649. The second kappa shape index (κ2) is 7.17. The number of benzene rings is 3. The van der Waals surface area contributed by atoms with Crippen molar-refractivity contribution >= 4 is 35.0 Å². The lowest BCUT2D eigenvalue weighted by atomic mass is 10.1. The van der Waals surface area contributed by atoms with Crippen molar-refractivity contribution in [3.63, 3.8) is 0 Å². The Labute approximate surface area is 165 Å². The maximum Gasteiger partial charge on any atom is 0.259 e. The molecule has 1 aliphatic rings. The van der Waals surface area contributed by atoms with Crippen LogP contribution in [-0.4, -0.2) is 17.7 Å². The molecular formula is C21H13ClN2O4. The Bertz CT molecular complexity index is 1110. The van der Waals surface area contributed by atoms with Crippen molar-refractivity contribution < 1.29 is 19.1 Å². The smallest absolute Gasteiger partial charge is 0.259 e. The third kappa shape index (κ3) is 3.58. The van der Waals surface area contributed by atoms with Crippen LogP contribution in [0.2, 0.25) is 5.02 Å². The molecule has 28 heavy (non-hydrogen) atoms. The minimum atomic E-state index is -0.450. The highest BCUT2D eigenvalue weighted by molar-refractivity contribution is 6.30. The van der Waals surface area contributed by atoms with E-state index in [0.717, 1.165) is 0 Å². The van der Waals surface area contributed by atoms with Crippen LogP contribution in [0.25, 0.3) is 0 Å². The minimum absolute atomic E-state index is 0.273. The van der Waals surface area contributed by atoms with Gasteiger partial charge in [-0.05, 0) is 54.6 Å². The molecule has 3 aromatic carbocycles. The maximum absolute atomic E-state index is 12.3. The van der Waals surface area contributed by atoms with Crippen molar-refractivity contribution in [1.82, 2.24) is 5.32 Å². The third-order valence-corrected chi connectivity index (χ3v) is 4.39. The molecule has 0 saturated carbocycles. The van der Waals surface area contributed by atoms with Gasteiger partial charge in [0.1, 0.15) is 11.5 Å². The monoisotopic (exact) mass is 392 g/mol. The van der Waals surface area contributed by atoms with Crippen molar-refractivity contribution in [2.45, 2.75) is 0 Å². The van der Waals surface area contributed by atoms with E-state index in [2.05, 4.69) is 10.6 Å². The van der Waals surface area contributed by atoms with Crippen LogP contribution in [-0.2, 0) is 0 Å². The number of rotatable bonds is 4. The van der Waals surface area contributed by atoms with Gasteiger partial charge in [0.2, 0.25) is 0 Å². The van der Waals surface area contributed by atoms with Crippen LogP contribution in [0.1, 0.15) is 31.1 Å². The zero-order chi connectivity index (χ0) is 19.7. The summed E-state index contributed by atoms with van der Waals surface area (Å²) < 4.78 is 5.77. The third-order valence-electron chi connectivity index (χ3n) is 4.14. The van der Waals surface area contributed by atoms with E-state index in [1.807, 2.05) is 0 Å². The van der Waals surface area contributed by atoms with Crippen LogP contribution < -0.4 is 15.4 Å². The number of anilines is 1. The molecule has 0 saturated heterocycles. The number of nitrogens with one attached hydrogen (secondary N) is 2. The molecule has 0 spiro atoms. The molecule has 3 amide bonds. The van der Waals surface area contributed by atoms with E-state index in [1.54, 1.807) is 54.6 Å². The second-order valence-electron chi connectivity index (χ2n) is 6.08. The summed E-state index contributed by atoms with van der Waals surface area (Å²) in [4.78, 5) is 35.7. The molecule has 1 heterocycles. The molecule has 0 fully saturated rings. The Kier molecular flexibility index (Phi) is 4.55. The van der Waals surface area contributed by atoms with Gasteiger partial charge in [-0.1, -0.05) is 17.7 Å². The van der Waals surface area contributed by atoms with Crippen molar-refractivity contribution in [3.05, 3.63) is 88.4 Å². The first-order valence-corrected chi connectivity index (χ1v) is 8.72. The van der Waals surface area contributed by atoms with Crippen LogP contribution in [0.15, 0.2) is 66.7 Å². The number of amides is 3. The predicted molar refractivity (Wildman–Crippen MR) is 104 cm³/mol. The zero-order valence-corrected chi connectivity index (χ0v) is 15.1. The molecule has 0 radical (unpaired) electrons. The summed E-state index contributed by atoms with van der Waals surface area (Å²) in [5.74, 6) is -0.266. The highest BCUT2D eigenvalue weighted by Crippen LogP contribution is 2.28. The predicted octanol–water partition coefficient (Wildman–Crippen LogP) is 4.27. The second-order valence-corrected chi connectivity index (χ2v) is 6.52. The lowest BCUT2D eigenvalue weighted by Gasteiger charge is -2.10. The van der Waals surface area contributed by atoms with Gasteiger partial charge in [0, 0.05) is 22.3 Å². The van der Waals surface area contributed by atoms with Crippen LogP contribution >= 0.6 is 11.6 Å². The summed E-state index contributed by atoms with van der Waals surface area (Å²) in [6, 6.07) is 18.1. The highest BCUT2D eigenvalue weighted by atomic mass is 35.5. The molecule has 7 heteroatoms. The Hall–Kier alpha value is -3.64. The van der Waals surface area contributed by atoms with Crippen LogP contribution in [0, 0.1) is 0 Å². The van der Waals surface area contributed by atoms with E-state index in [0.29, 0.717) is 33.3 Å². The van der Waals surface area contributed by atoms with Gasteiger partial charge in [0.05, 0.1) is 11.1 Å². The van der Waals surface area contributed by atoms with Gasteiger partial charge in [-0.15, -0.1) is 0 Å². The number of ether oxygens (including phenoxy) is 1. The van der Waals surface area contributed by atoms with Gasteiger partial charge >= 0.3 is 0 Å². The maximum atomic E-state index is 12.3. The van der Waals surface area contributed by atoms with Crippen LogP contribution in [0.4, 0.5) is 5.69 Å². The molecule has 138 valence electrons. The summed E-state index contributed by atoms with van der Waals surface area (Å²) in [5.41, 5.74) is 1.62. The molecule has 6 nitrogen and oxygen atoms in total. The lowest BCUT2D eigenvalue weighted by molar-refractivity contribution is 0.0878. The molecule has 0 unspecified atom stereocenters. The van der Waals surface area contributed by atoms with Crippen LogP contribution in [0.3, 0.4) is 0 Å². The molecule has 0 aliphatic carbocycles. The van der Waals surface area contributed by atoms with Gasteiger partial charge in [0.15, 0.2) is 0 Å². The first-order chi connectivity index (χ1) is 13.5. The molecule has 0 aromatic heterocycles. The summed E-state index contributed by atoms with van der Waals surface area (Å²) >= 11 is 5.83. The number of carbonyl (C=O) groups is 3. The topological polar surface area (TPSA) is 84.5 Å². The van der Waals surface area contributed by atoms with Gasteiger partial charge in [-0.25, -0.2) is 0 Å². The van der Waals surface area contributed by atoms with Gasteiger partial charge in [0.25, 0.3) is 17.7 Å². The normalized spacial score (nSPS) is 12.3. The standard InChI is InChI=1S/C21H13ClN2O4/c22-13-6-4-12(5-7-13)19(25)23-14-2-1-3-15(10-14)28-16-8-9-17-18(11-16)21(27)24-20(17)26/h1-11H,(H,23,25)(H,24,26,27). The number of carbonyl (C=O) groups excluding carboxylic acids is 3. The first-order valence-electron chi connectivity index (χ1n) is 8.34. The molecule has 0 atom stereocenters. The summed E-state index contributed by atoms with van der Waals surface area (Å²) in [6.07, 6.45) is 0. The zero-order valence-electron chi connectivity index (χ0n) is 14.4. The van der Waals surface area contributed by atoms with E-state index in [9.17, 15) is 14.4 Å². The Morgan fingerprint density at radius 2 is 1.57 bits per heavy atom. The molecule has 4 rings (SSSR count). The Balaban J connectivity index is 1.51. The molecule has 0 bridgehead atoms. The Morgan fingerprint density at radius 1 is 0.857 bits per heavy atom. The number of imide groups is 1. The van der Waals surface area contributed by atoms with Gasteiger partial charge < -0.3 is 10.1 Å². The first kappa shape index (κ1) is 17.8. The van der Waals surface area contributed by atoms with Crippen LogP contribution in [0.5, 0.6) is 11.5 Å². The summed E-state index contributed by atoms with van der Waals surface area (Å²) in [6.45, 7) is 0. The molecular weight excluding hydrogens is 380 g/mol. The average molecular weight is 393 g/mol. The van der Waals surface area contributed by atoms with E-state index in [-0.39, 0.29) is 11.5 Å². The number of hydrogen-bond acceptors (Lipinski definition) is 4. The Morgan fingerprint density at radius 3 is 2.36 bits per heavy atom. The van der Waals surface area contributed by atoms with E-state index in [1.165, 1.54) is 12.1 Å². The minimum Gasteiger partial charge on any atom is -0.457 e. The van der Waals surface area contributed by atoms with E-state index in [4.69, 9.17) is 16.3 Å². The van der Waals surface area contributed by atoms with Crippen molar-refractivity contribution in [2.75, 3.05) is 5.32 Å². The average Bonchev–Trinajstić information content (AvgIpc) is 2.96. The van der Waals surface area contributed by atoms with E-state index >= 15 is 0 Å². The number of fused-ring (bicyclic) bond motifs is 1. The summed E-state index contributed by atoms with van der Waals surface area (Å²) in [7, 11) is 0. The lowest BCUT2D eigenvalue weighted by Crippen LogP contribution is -2.19. The van der Waals surface area contributed by atoms with E-state index < -0.39 is 11.8 Å². The fourth-order valence-electron chi connectivity index (χ4n) is 2.79. The molecule has 2 N–H and O–H groups in total. The van der Waals surface area contributed by atoms with Crippen molar-refractivity contribution in [2.24, 2.45) is 0 Å². The highest BCUT2D eigenvalue weighted by Gasteiger charge is 2.26. The van der Waals surface area contributed by atoms with Crippen molar-refractivity contribution in [3.8, 4) is 11.5 Å². The number of halogens is 1. The SMILES string of the molecule is O=C(Nc1cccc(Oc2ccc3c(c2)C(=O)NC3=O)c1)c1ccc(Cl)cc1. The van der Waals surface area contributed by atoms with Crippen molar-refractivity contribution in [1.29, 1.82) is 0 Å². The molecule has 3 aromatic rings. The molecule has 1 aliphatic heterocycles. The fourth-order valence-corrected chi connectivity index (χ4v) is 2.91. The largest absolute Gasteiger partial charge is 0.457 e. The summed E-state index contributed by atoms with van der Waals surface area (Å²) in [5, 5.41) is 5.57.